The molecule has 3 unspecified atom stereocenters. The molecule has 2 rings (SSSR count). The van der Waals surface area contributed by atoms with E-state index in [0.29, 0.717) is 0 Å². The molecule has 0 N–H and O–H groups in total. The van der Waals surface area contributed by atoms with E-state index in [1.54, 1.807) is 0 Å². The van der Waals surface area contributed by atoms with Crippen molar-refractivity contribution in [1.29, 1.82) is 0 Å². The molecule has 16 heavy (non-hydrogen) atoms. The lowest BCUT2D eigenvalue weighted by molar-refractivity contribution is 0.101. The largest absolute Gasteiger partial charge is 0.300 e. The summed E-state index contributed by atoms with van der Waals surface area (Å²) in [6.45, 7) is 10.1. The molecule has 1 nitrogen and oxygen atoms in total. The van der Waals surface area contributed by atoms with Gasteiger partial charge in [0.1, 0.15) is 0 Å². The molecule has 0 aromatic carbocycles. The van der Waals surface area contributed by atoms with Crippen LogP contribution >= 0.6 is 0 Å². The summed E-state index contributed by atoms with van der Waals surface area (Å²) >= 11 is 0. The molecule has 1 aliphatic carbocycles. The molecule has 2 fully saturated rings. The number of likely N-dealkylation sites (tertiary alicyclic amines) is 1. The summed E-state index contributed by atoms with van der Waals surface area (Å²) in [6, 6.07) is 0.848. The van der Waals surface area contributed by atoms with E-state index in [0.717, 1.165) is 23.8 Å². The van der Waals surface area contributed by atoms with Crippen LogP contribution in [0.25, 0.3) is 0 Å². The van der Waals surface area contributed by atoms with Gasteiger partial charge < -0.3 is 4.90 Å². The van der Waals surface area contributed by atoms with Crippen LogP contribution in [-0.2, 0) is 0 Å². The molecule has 1 saturated carbocycles. The van der Waals surface area contributed by atoms with Crippen LogP contribution in [0.1, 0.15) is 59.3 Å². The van der Waals surface area contributed by atoms with Gasteiger partial charge in [-0.1, -0.05) is 20.3 Å². The molecule has 1 saturated heterocycles. The van der Waals surface area contributed by atoms with Gasteiger partial charge in [-0.15, -0.1) is 0 Å². The molecule has 94 valence electrons. The number of hydrogen-bond acceptors (Lipinski definition) is 1. The Morgan fingerprint density at radius 3 is 2.25 bits per heavy atom. The lowest BCUT2D eigenvalue weighted by Gasteiger charge is -2.39. The normalized spacial score (nSPS) is 42.2. The summed E-state index contributed by atoms with van der Waals surface area (Å²) < 4.78 is 0. The van der Waals surface area contributed by atoms with Gasteiger partial charge in [0.25, 0.3) is 0 Å². The second kappa shape index (κ2) is 5.53. The Balaban J connectivity index is 1.83. The first-order chi connectivity index (χ1) is 7.65. The molecular weight excluding hydrogens is 194 g/mol. The first-order valence-corrected chi connectivity index (χ1v) is 7.39. The standard InChI is InChI=1S/C15H29N/c1-12-8-13(2)10-15(9-12)11-16-7-5-4-6-14(16)3/h12-15H,4-11H2,1-3H3. The lowest BCUT2D eigenvalue weighted by Crippen LogP contribution is -2.41. The molecule has 1 heteroatoms. The molecular formula is C15H29N. The monoisotopic (exact) mass is 223 g/mol. The van der Waals surface area contributed by atoms with Crippen molar-refractivity contribution in [2.24, 2.45) is 17.8 Å². The fraction of sp³-hybridized carbons (Fsp3) is 1.00. The predicted octanol–water partition coefficient (Wildman–Crippen LogP) is 3.93. The fourth-order valence-corrected chi connectivity index (χ4v) is 4.02. The highest BCUT2D eigenvalue weighted by Crippen LogP contribution is 2.34. The van der Waals surface area contributed by atoms with Gasteiger partial charge in [0, 0.05) is 12.6 Å². The minimum absolute atomic E-state index is 0.848. The SMILES string of the molecule is CC1CC(C)CC(CN2CCCCC2C)C1. The summed E-state index contributed by atoms with van der Waals surface area (Å²) in [5, 5.41) is 0. The van der Waals surface area contributed by atoms with E-state index in [1.165, 1.54) is 51.6 Å². The second-order valence-corrected chi connectivity index (χ2v) is 6.62. The Morgan fingerprint density at radius 2 is 1.62 bits per heavy atom. The predicted molar refractivity (Wildman–Crippen MR) is 70.6 cm³/mol. The molecule has 3 atom stereocenters. The number of rotatable bonds is 2. The van der Waals surface area contributed by atoms with E-state index in [-0.39, 0.29) is 0 Å². The average Bonchev–Trinajstić information content (AvgIpc) is 2.20. The van der Waals surface area contributed by atoms with Crippen LogP contribution in [0.15, 0.2) is 0 Å². The highest BCUT2D eigenvalue weighted by Gasteiger charge is 2.27. The minimum atomic E-state index is 0.848. The van der Waals surface area contributed by atoms with E-state index < -0.39 is 0 Å². The molecule has 0 aromatic heterocycles. The second-order valence-electron chi connectivity index (χ2n) is 6.62. The van der Waals surface area contributed by atoms with Gasteiger partial charge in [-0.3, -0.25) is 0 Å². The van der Waals surface area contributed by atoms with Crippen LogP contribution in [0.2, 0.25) is 0 Å². The van der Waals surface area contributed by atoms with Gasteiger partial charge in [0.05, 0.1) is 0 Å². The van der Waals surface area contributed by atoms with Crippen molar-refractivity contribution >= 4 is 0 Å². The third-order valence-corrected chi connectivity index (χ3v) is 4.71. The third kappa shape index (κ3) is 3.23. The number of nitrogens with zero attached hydrogens (tertiary/aromatic N) is 1. The van der Waals surface area contributed by atoms with Crippen molar-refractivity contribution in [1.82, 2.24) is 4.90 Å². The summed E-state index contributed by atoms with van der Waals surface area (Å²) in [7, 11) is 0. The van der Waals surface area contributed by atoms with Crippen molar-refractivity contribution in [3.05, 3.63) is 0 Å². The van der Waals surface area contributed by atoms with Crippen LogP contribution in [-0.4, -0.2) is 24.0 Å². The summed E-state index contributed by atoms with van der Waals surface area (Å²) in [6.07, 6.45) is 8.74. The van der Waals surface area contributed by atoms with Crippen LogP contribution < -0.4 is 0 Å². The van der Waals surface area contributed by atoms with Crippen molar-refractivity contribution in [2.75, 3.05) is 13.1 Å². The van der Waals surface area contributed by atoms with Gasteiger partial charge in [-0.25, -0.2) is 0 Å². The van der Waals surface area contributed by atoms with Gasteiger partial charge in [0.2, 0.25) is 0 Å². The summed E-state index contributed by atoms with van der Waals surface area (Å²) in [5.41, 5.74) is 0. The van der Waals surface area contributed by atoms with Crippen molar-refractivity contribution in [3.8, 4) is 0 Å². The minimum Gasteiger partial charge on any atom is -0.300 e. The Labute approximate surface area is 102 Å². The quantitative estimate of drug-likeness (QED) is 0.685. The van der Waals surface area contributed by atoms with E-state index in [4.69, 9.17) is 0 Å². The maximum atomic E-state index is 2.76. The van der Waals surface area contributed by atoms with Gasteiger partial charge in [-0.05, 0) is 63.3 Å². The van der Waals surface area contributed by atoms with Crippen LogP contribution in [0.4, 0.5) is 0 Å². The first kappa shape index (κ1) is 12.4. The van der Waals surface area contributed by atoms with Crippen LogP contribution in [0, 0.1) is 17.8 Å². The van der Waals surface area contributed by atoms with Crippen molar-refractivity contribution in [3.63, 3.8) is 0 Å². The highest BCUT2D eigenvalue weighted by atomic mass is 15.2. The first-order valence-electron chi connectivity index (χ1n) is 7.39. The van der Waals surface area contributed by atoms with Crippen molar-refractivity contribution < 1.29 is 0 Å². The topological polar surface area (TPSA) is 3.24 Å². The van der Waals surface area contributed by atoms with E-state index in [9.17, 15) is 0 Å². The Hall–Kier alpha value is -0.0400. The maximum Gasteiger partial charge on any atom is 0.00670 e. The van der Waals surface area contributed by atoms with Crippen molar-refractivity contribution in [2.45, 2.75) is 65.3 Å². The Morgan fingerprint density at radius 1 is 0.938 bits per heavy atom. The summed E-state index contributed by atoms with van der Waals surface area (Å²) in [5.74, 6) is 2.92. The maximum absolute atomic E-state index is 2.76. The molecule has 0 radical (unpaired) electrons. The Kier molecular flexibility index (Phi) is 4.29. The van der Waals surface area contributed by atoms with Crippen LogP contribution in [0.5, 0.6) is 0 Å². The molecule has 0 amide bonds. The summed E-state index contributed by atoms with van der Waals surface area (Å²) in [4.78, 5) is 2.76. The average molecular weight is 223 g/mol. The van der Waals surface area contributed by atoms with E-state index in [2.05, 4.69) is 25.7 Å². The molecule has 2 aliphatic rings. The van der Waals surface area contributed by atoms with Gasteiger partial charge in [-0.2, -0.15) is 0 Å². The van der Waals surface area contributed by atoms with Gasteiger partial charge >= 0.3 is 0 Å². The molecule has 0 bridgehead atoms. The zero-order valence-corrected chi connectivity index (χ0v) is 11.4. The smallest absolute Gasteiger partial charge is 0.00670 e. The fourth-order valence-electron chi connectivity index (χ4n) is 4.02. The molecule has 1 aliphatic heterocycles. The molecule has 0 spiro atoms. The number of piperidine rings is 1. The zero-order chi connectivity index (χ0) is 11.5. The highest BCUT2D eigenvalue weighted by molar-refractivity contribution is 4.80. The third-order valence-electron chi connectivity index (χ3n) is 4.71. The number of hydrogen-bond donors (Lipinski definition) is 0. The van der Waals surface area contributed by atoms with Crippen LogP contribution in [0.3, 0.4) is 0 Å². The van der Waals surface area contributed by atoms with Gasteiger partial charge in [0.15, 0.2) is 0 Å². The molecule has 1 heterocycles. The van der Waals surface area contributed by atoms with E-state index in [1.807, 2.05) is 0 Å². The lowest BCUT2D eigenvalue weighted by atomic mass is 9.76. The van der Waals surface area contributed by atoms with E-state index >= 15 is 0 Å². The molecule has 0 aromatic rings. The zero-order valence-electron chi connectivity index (χ0n) is 11.4. The Bertz CT molecular complexity index is 203.